The Bertz CT molecular complexity index is 232. The van der Waals surface area contributed by atoms with Gasteiger partial charge >= 0.3 is 0 Å². The van der Waals surface area contributed by atoms with E-state index in [1.54, 1.807) is 0 Å². The summed E-state index contributed by atoms with van der Waals surface area (Å²) in [6, 6.07) is 2.12. The fraction of sp³-hybridized carbons (Fsp3) is 0.692. The molecule has 15 heavy (non-hydrogen) atoms. The van der Waals surface area contributed by atoms with E-state index in [1.165, 1.54) is 5.56 Å². The van der Waals surface area contributed by atoms with Crippen molar-refractivity contribution in [2.24, 2.45) is 0 Å². The second-order valence-electron chi connectivity index (χ2n) is 3.00. The molecule has 1 aromatic rings. The maximum atomic E-state index is 4.04. The monoisotopic (exact) mass is 210 g/mol. The molecule has 1 rings (SSSR count). The van der Waals surface area contributed by atoms with Gasteiger partial charge in [-0.3, -0.25) is 0 Å². The van der Waals surface area contributed by atoms with Crippen molar-refractivity contribution in [3.63, 3.8) is 0 Å². The highest BCUT2D eigenvalue weighted by Crippen LogP contribution is 2.11. The van der Waals surface area contributed by atoms with E-state index in [0.29, 0.717) is 5.92 Å². The lowest BCUT2D eigenvalue weighted by molar-refractivity contribution is 0.777. The molecule has 0 radical (unpaired) electrons. The number of rotatable bonds is 2. The van der Waals surface area contributed by atoms with Crippen LogP contribution in [-0.2, 0) is 6.42 Å². The fourth-order valence-electron chi connectivity index (χ4n) is 0.901. The molecular weight excluding hydrogens is 184 g/mol. The molecule has 0 saturated heterocycles. The molecule has 0 fully saturated rings. The van der Waals surface area contributed by atoms with Crippen LogP contribution in [0.1, 0.15) is 65.6 Å². The van der Waals surface area contributed by atoms with E-state index in [9.17, 15) is 0 Å². The van der Waals surface area contributed by atoms with Gasteiger partial charge in [0.05, 0.1) is 11.9 Å². The van der Waals surface area contributed by atoms with Gasteiger partial charge in [0.15, 0.2) is 0 Å². The zero-order valence-electron chi connectivity index (χ0n) is 11.3. The van der Waals surface area contributed by atoms with Crippen LogP contribution in [0.5, 0.6) is 0 Å². The molecule has 0 bridgehead atoms. The van der Waals surface area contributed by atoms with Gasteiger partial charge in [0.1, 0.15) is 0 Å². The van der Waals surface area contributed by atoms with Crippen molar-refractivity contribution < 1.29 is 0 Å². The minimum Gasteiger partial charge on any atom is -0.159 e. The first kappa shape index (κ1) is 16.5. The summed E-state index contributed by atoms with van der Waals surface area (Å²) in [7, 11) is 0. The molecule has 0 aromatic carbocycles. The average molecular weight is 210 g/mol. The van der Waals surface area contributed by atoms with Crippen LogP contribution in [0, 0.1) is 0 Å². The van der Waals surface area contributed by atoms with Gasteiger partial charge < -0.3 is 0 Å². The van der Waals surface area contributed by atoms with Gasteiger partial charge in [-0.2, -0.15) is 10.2 Å². The number of aromatic nitrogens is 2. The van der Waals surface area contributed by atoms with Gasteiger partial charge in [0.25, 0.3) is 0 Å². The van der Waals surface area contributed by atoms with Crippen molar-refractivity contribution in [2.75, 3.05) is 0 Å². The first-order chi connectivity index (χ1) is 7.24. The van der Waals surface area contributed by atoms with Crippen LogP contribution < -0.4 is 0 Å². The molecular formula is C13H26N2. The molecule has 0 amide bonds. The van der Waals surface area contributed by atoms with E-state index in [-0.39, 0.29) is 0 Å². The summed E-state index contributed by atoms with van der Waals surface area (Å²) in [5.41, 5.74) is 2.35. The summed E-state index contributed by atoms with van der Waals surface area (Å²) in [5.74, 6) is 0.481. The van der Waals surface area contributed by atoms with Crippen LogP contribution in [0.2, 0.25) is 0 Å². The molecule has 2 nitrogen and oxygen atoms in total. The number of aryl methyl sites for hydroxylation is 1. The minimum atomic E-state index is 0.481. The molecule has 0 unspecified atom stereocenters. The lowest BCUT2D eigenvalue weighted by Crippen LogP contribution is -1.96. The van der Waals surface area contributed by atoms with Crippen molar-refractivity contribution in [3.8, 4) is 0 Å². The summed E-state index contributed by atoms with van der Waals surface area (Å²) in [6.07, 6.45) is 2.86. The van der Waals surface area contributed by atoms with Crippen LogP contribution in [-0.4, -0.2) is 10.2 Å². The Morgan fingerprint density at radius 1 is 1.13 bits per heavy atom. The number of hydrogen-bond acceptors (Lipinski definition) is 2. The second-order valence-corrected chi connectivity index (χ2v) is 3.00. The van der Waals surface area contributed by atoms with Gasteiger partial charge in [0, 0.05) is 0 Å². The Hall–Kier alpha value is -0.920. The molecule has 0 aliphatic heterocycles. The summed E-state index contributed by atoms with van der Waals surface area (Å²) < 4.78 is 0. The van der Waals surface area contributed by atoms with Crippen molar-refractivity contribution >= 4 is 0 Å². The molecule has 0 aliphatic rings. The average Bonchev–Trinajstić information content (AvgIpc) is 2.34. The molecule has 2 heteroatoms. The lowest BCUT2D eigenvalue weighted by atomic mass is 10.1. The third-order valence-electron chi connectivity index (χ3n) is 1.73. The van der Waals surface area contributed by atoms with Crippen LogP contribution in [0.4, 0.5) is 0 Å². The summed E-state index contributed by atoms with van der Waals surface area (Å²) >= 11 is 0. The first-order valence-electron chi connectivity index (χ1n) is 6.05. The molecule has 0 atom stereocenters. The molecule has 1 heterocycles. The van der Waals surface area contributed by atoms with Crippen molar-refractivity contribution in [2.45, 2.75) is 60.8 Å². The minimum absolute atomic E-state index is 0.481. The van der Waals surface area contributed by atoms with Crippen molar-refractivity contribution in [1.29, 1.82) is 0 Å². The summed E-state index contributed by atoms with van der Waals surface area (Å²) in [4.78, 5) is 0. The van der Waals surface area contributed by atoms with E-state index in [1.807, 2.05) is 33.9 Å². The Morgan fingerprint density at radius 3 is 2.07 bits per heavy atom. The highest BCUT2D eigenvalue weighted by Gasteiger charge is 2.00. The lowest BCUT2D eigenvalue weighted by Gasteiger charge is -2.03. The molecule has 0 aliphatic carbocycles. The first-order valence-corrected chi connectivity index (χ1v) is 6.05. The van der Waals surface area contributed by atoms with Crippen molar-refractivity contribution in [3.05, 3.63) is 23.5 Å². The number of nitrogens with zero attached hydrogens (tertiary/aromatic N) is 2. The molecule has 1 aromatic heterocycles. The van der Waals surface area contributed by atoms with E-state index < -0.39 is 0 Å². The van der Waals surface area contributed by atoms with Crippen LogP contribution in [0.3, 0.4) is 0 Å². The highest BCUT2D eigenvalue weighted by atomic mass is 15.1. The van der Waals surface area contributed by atoms with Gasteiger partial charge in [0.2, 0.25) is 0 Å². The molecule has 0 N–H and O–H groups in total. The predicted molar refractivity (Wildman–Crippen MR) is 68.2 cm³/mol. The standard InChI is InChI=1S/C9H14N2.2C2H6/c1-4-8-5-9(7(2)3)11-10-6-8;2*1-2/h5-7H,4H2,1-3H3;2*1-2H3. The van der Waals surface area contributed by atoms with Crippen LogP contribution in [0.15, 0.2) is 12.3 Å². The third kappa shape index (κ3) is 7.06. The smallest absolute Gasteiger partial charge is 0.0659 e. The van der Waals surface area contributed by atoms with Gasteiger partial charge in [-0.05, 0) is 24.0 Å². The predicted octanol–water partition coefficient (Wildman–Crippen LogP) is 4.21. The van der Waals surface area contributed by atoms with Gasteiger partial charge in [-0.1, -0.05) is 48.5 Å². The SMILES string of the molecule is CC.CC.CCc1cnnc(C(C)C)c1. The molecule has 0 spiro atoms. The van der Waals surface area contributed by atoms with E-state index in [0.717, 1.165) is 12.1 Å². The number of hydrogen-bond donors (Lipinski definition) is 0. The van der Waals surface area contributed by atoms with Gasteiger partial charge in [-0.25, -0.2) is 0 Å². The fourth-order valence-corrected chi connectivity index (χ4v) is 0.901. The van der Waals surface area contributed by atoms with Gasteiger partial charge in [-0.15, -0.1) is 0 Å². The normalized spacial score (nSPS) is 8.53. The Morgan fingerprint density at radius 2 is 1.67 bits per heavy atom. The zero-order chi connectivity index (χ0) is 12.3. The van der Waals surface area contributed by atoms with Crippen LogP contribution in [0.25, 0.3) is 0 Å². The highest BCUT2D eigenvalue weighted by molar-refractivity contribution is 5.14. The van der Waals surface area contributed by atoms with E-state index in [4.69, 9.17) is 0 Å². The summed E-state index contributed by atoms with van der Waals surface area (Å²) in [6.45, 7) is 14.4. The topological polar surface area (TPSA) is 25.8 Å². The van der Waals surface area contributed by atoms with Crippen LogP contribution >= 0.6 is 0 Å². The Kier molecular flexibility index (Phi) is 12.3. The van der Waals surface area contributed by atoms with Crippen molar-refractivity contribution in [1.82, 2.24) is 10.2 Å². The Labute approximate surface area is 95.1 Å². The maximum absolute atomic E-state index is 4.04. The van der Waals surface area contributed by atoms with E-state index >= 15 is 0 Å². The van der Waals surface area contributed by atoms with E-state index in [2.05, 4.69) is 37.0 Å². The largest absolute Gasteiger partial charge is 0.159 e. The molecule has 0 saturated carbocycles. The third-order valence-corrected chi connectivity index (χ3v) is 1.73. The maximum Gasteiger partial charge on any atom is 0.0659 e. The zero-order valence-corrected chi connectivity index (χ0v) is 11.3. The summed E-state index contributed by atoms with van der Waals surface area (Å²) in [5, 5.41) is 7.96. The molecule has 88 valence electrons. The second kappa shape index (κ2) is 11.2. The quantitative estimate of drug-likeness (QED) is 0.730. The Balaban J connectivity index is 0.